The van der Waals surface area contributed by atoms with Gasteiger partial charge in [0.05, 0.1) is 6.10 Å². The molecule has 3 fully saturated rings. The molecule has 2 heterocycles. The summed E-state index contributed by atoms with van der Waals surface area (Å²) in [6.07, 6.45) is 3.92. The second kappa shape index (κ2) is 7.67. The topological polar surface area (TPSA) is 48.9 Å². The van der Waals surface area contributed by atoms with Crippen molar-refractivity contribution in [3.63, 3.8) is 0 Å². The van der Waals surface area contributed by atoms with Crippen molar-refractivity contribution in [3.8, 4) is 0 Å². The Labute approximate surface area is 153 Å². The number of piperidine rings is 1. The second-order valence-electron chi connectivity index (χ2n) is 8.66. The van der Waals surface area contributed by atoms with Crippen LogP contribution in [0.1, 0.15) is 47.0 Å². The van der Waals surface area contributed by atoms with Crippen LogP contribution < -0.4 is 10.6 Å². The molecule has 5 heteroatoms. The van der Waals surface area contributed by atoms with Gasteiger partial charge in [0.1, 0.15) is 0 Å². The predicted octanol–water partition coefficient (Wildman–Crippen LogP) is 2.40. The van der Waals surface area contributed by atoms with Crippen LogP contribution >= 0.6 is 0 Å². The van der Waals surface area contributed by atoms with Gasteiger partial charge in [-0.3, -0.25) is 9.89 Å². The monoisotopic (exact) mass is 348 g/mol. The third-order valence-corrected chi connectivity index (χ3v) is 6.13. The van der Waals surface area contributed by atoms with Gasteiger partial charge in [0.25, 0.3) is 0 Å². The third-order valence-electron chi connectivity index (χ3n) is 6.13. The SMILES string of the molecule is C=C(C)CN1CCC(NC(=NCC)NC2C3CCOC3C2(C)C)CC1. The molecule has 3 unspecified atom stereocenters. The molecule has 0 aromatic rings. The van der Waals surface area contributed by atoms with Crippen molar-refractivity contribution in [1.29, 1.82) is 0 Å². The van der Waals surface area contributed by atoms with Gasteiger partial charge in [0.2, 0.25) is 0 Å². The molecular weight excluding hydrogens is 312 g/mol. The summed E-state index contributed by atoms with van der Waals surface area (Å²) in [7, 11) is 0. The molecule has 2 saturated heterocycles. The Morgan fingerprint density at radius 1 is 1.24 bits per heavy atom. The van der Waals surface area contributed by atoms with E-state index in [1.165, 1.54) is 24.8 Å². The Bertz CT molecular complexity index is 508. The van der Waals surface area contributed by atoms with E-state index in [9.17, 15) is 0 Å². The van der Waals surface area contributed by atoms with E-state index in [2.05, 4.69) is 49.8 Å². The summed E-state index contributed by atoms with van der Waals surface area (Å²) in [5.41, 5.74) is 1.43. The molecule has 0 amide bonds. The Balaban J connectivity index is 1.53. The van der Waals surface area contributed by atoms with Gasteiger partial charge in [-0.1, -0.05) is 26.0 Å². The maximum absolute atomic E-state index is 5.92. The zero-order valence-corrected chi connectivity index (χ0v) is 16.5. The van der Waals surface area contributed by atoms with Gasteiger partial charge >= 0.3 is 0 Å². The number of nitrogens with one attached hydrogen (secondary N) is 2. The van der Waals surface area contributed by atoms with Crippen molar-refractivity contribution in [1.82, 2.24) is 15.5 Å². The molecule has 2 N–H and O–H groups in total. The number of rotatable bonds is 5. The van der Waals surface area contributed by atoms with E-state index in [1.54, 1.807) is 0 Å². The predicted molar refractivity (Wildman–Crippen MR) is 104 cm³/mol. The van der Waals surface area contributed by atoms with E-state index in [-0.39, 0.29) is 5.41 Å². The minimum Gasteiger partial charge on any atom is -0.377 e. The zero-order chi connectivity index (χ0) is 18.0. The van der Waals surface area contributed by atoms with Gasteiger partial charge in [-0.05, 0) is 33.1 Å². The number of fused-ring (bicyclic) bond motifs is 1. The lowest BCUT2D eigenvalue weighted by Gasteiger charge is -2.55. The Hall–Kier alpha value is -1.07. The lowest BCUT2D eigenvalue weighted by atomic mass is 9.57. The second-order valence-corrected chi connectivity index (χ2v) is 8.66. The van der Waals surface area contributed by atoms with Crippen LogP contribution in [0.15, 0.2) is 17.1 Å². The van der Waals surface area contributed by atoms with Crippen LogP contribution in [0.5, 0.6) is 0 Å². The van der Waals surface area contributed by atoms with Crippen molar-refractivity contribution < 1.29 is 4.74 Å². The molecule has 3 rings (SSSR count). The summed E-state index contributed by atoms with van der Waals surface area (Å²) < 4.78 is 5.92. The summed E-state index contributed by atoms with van der Waals surface area (Å²) in [5, 5.41) is 7.43. The smallest absolute Gasteiger partial charge is 0.191 e. The molecule has 1 saturated carbocycles. The molecule has 3 atom stereocenters. The number of hydrogen-bond acceptors (Lipinski definition) is 3. The fraction of sp³-hybridized carbons (Fsp3) is 0.850. The summed E-state index contributed by atoms with van der Waals surface area (Å²) in [6.45, 7) is 17.9. The first kappa shape index (κ1) is 18.7. The number of guanidine groups is 1. The highest BCUT2D eigenvalue weighted by Gasteiger charge is 2.59. The maximum atomic E-state index is 5.92. The first-order chi connectivity index (χ1) is 11.9. The van der Waals surface area contributed by atoms with E-state index >= 15 is 0 Å². The van der Waals surface area contributed by atoms with Crippen molar-refractivity contribution in [2.75, 3.05) is 32.8 Å². The molecule has 1 aliphatic carbocycles. The van der Waals surface area contributed by atoms with Crippen molar-refractivity contribution in [2.45, 2.75) is 65.1 Å². The summed E-state index contributed by atoms with van der Waals surface area (Å²) in [6, 6.07) is 0.972. The average molecular weight is 349 g/mol. The number of aliphatic imine (C=N–C) groups is 1. The Morgan fingerprint density at radius 2 is 1.96 bits per heavy atom. The van der Waals surface area contributed by atoms with Crippen molar-refractivity contribution in [2.24, 2.45) is 16.3 Å². The van der Waals surface area contributed by atoms with Gasteiger partial charge in [0.15, 0.2) is 5.96 Å². The standard InChI is InChI=1S/C20H36N4O/c1-6-21-19(22-15-7-10-24(11-8-15)13-14(2)3)23-17-16-9-12-25-18(16)20(17,4)5/h15-18H,2,6-13H2,1,3-5H3,(H2,21,22,23). The first-order valence-corrected chi connectivity index (χ1v) is 9.97. The van der Waals surface area contributed by atoms with Gasteiger partial charge in [-0.2, -0.15) is 0 Å². The molecule has 142 valence electrons. The van der Waals surface area contributed by atoms with Crippen LogP contribution in [0.2, 0.25) is 0 Å². The lowest BCUT2D eigenvalue weighted by Crippen LogP contribution is -2.68. The minimum atomic E-state index is 0.183. The van der Waals surface area contributed by atoms with Gasteiger partial charge in [-0.15, -0.1) is 0 Å². The Morgan fingerprint density at radius 3 is 2.60 bits per heavy atom. The van der Waals surface area contributed by atoms with Crippen LogP contribution in [0.25, 0.3) is 0 Å². The first-order valence-electron chi connectivity index (χ1n) is 9.97. The van der Waals surface area contributed by atoms with E-state index in [0.717, 1.165) is 38.7 Å². The molecule has 5 nitrogen and oxygen atoms in total. The van der Waals surface area contributed by atoms with Gasteiger partial charge in [-0.25, -0.2) is 0 Å². The van der Waals surface area contributed by atoms with E-state index < -0.39 is 0 Å². The van der Waals surface area contributed by atoms with E-state index in [4.69, 9.17) is 9.73 Å². The molecule has 2 aliphatic heterocycles. The van der Waals surface area contributed by atoms with Gasteiger partial charge in [0, 0.05) is 56.2 Å². The zero-order valence-electron chi connectivity index (χ0n) is 16.5. The molecule has 0 spiro atoms. The molecule has 0 radical (unpaired) electrons. The van der Waals surface area contributed by atoms with Crippen LogP contribution in [0, 0.1) is 11.3 Å². The number of ether oxygens (including phenoxy) is 1. The largest absolute Gasteiger partial charge is 0.377 e. The average Bonchev–Trinajstić information content (AvgIpc) is 3.01. The molecular formula is C20H36N4O. The highest BCUT2D eigenvalue weighted by atomic mass is 16.5. The number of nitrogens with zero attached hydrogens (tertiary/aromatic N) is 2. The Kier molecular flexibility index (Phi) is 5.74. The van der Waals surface area contributed by atoms with Crippen LogP contribution in [0.4, 0.5) is 0 Å². The quantitative estimate of drug-likeness (QED) is 0.455. The fourth-order valence-corrected chi connectivity index (χ4v) is 4.87. The highest BCUT2D eigenvalue weighted by molar-refractivity contribution is 5.80. The van der Waals surface area contributed by atoms with Crippen LogP contribution in [-0.2, 0) is 4.74 Å². The van der Waals surface area contributed by atoms with Crippen molar-refractivity contribution in [3.05, 3.63) is 12.2 Å². The van der Waals surface area contributed by atoms with E-state index in [0.29, 0.717) is 24.1 Å². The molecule has 0 aromatic carbocycles. The highest BCUT2D eigenvalue weighted by Crippen LogP contribution is 2.52. The molecule has 25 heavy (non-hydrogen) atoms. The normalized spacial score (nSPS) is 32.8. The van der Waals surface area contributed by atoms with Crippen LogP contribution in [0.3, 0.4) is 0 Å². The van der Waals surface area contributed by atoms with Crippen molar-refractivity contribution >= 4 is 5.96 Å². The minimum absolute atomic E-state index is 0.183. The van der Waals surface area contributed by atoms with Crippen LogP contribution in [-0.4, -0.2) is 61.8 Å². The number of likely N-dealkylation sites (tertiary alicyclic amines) is 1. The lowest BCUT2D eigenvalue weighted by molar-refractivity contribution is -0.106. The fourth-order valence-electron chi connectivity index (χ4n) is 4.87. The van der Waals surface area contributed by atoms with Gasteiger partial charge < -0.3 is 15.4 Å². The third kappa shape index (κ3) is 4.03. The summed E-state index contributed by atoms with van der Waals surface area (Å²) >= 11 is 0. The molecule has 3 aliphatic rings. The molecule has 0 aromatic heterocycles. The molecule has 0 bridgehead atoms. The maximum Gasteiger partial charge on any atom is 0.191 e. The van der Waals surface area contributed by atoms with E-state index in [1.807, 2.05) is 0 Å². The summed E-state index contributed by atoms with van der Waals surface area (Å²) in [4.78, 5) is 7.21. The number of hydrogen-bond donors (Lipinski definition) is 2. The summed E-state index contributed by atoms with van der Waals surface area (Å²) in [5.74, 6) is 1.63.